The molecule has 0 spiro atoms. The number of nitrogens with zero attached hydrogens (tertiary/aromatic N) is 2. The number of hydrogen-bond acceptors (Lipinski definition) is 3. The van der Waals surface area contributed by atoms with Gasteiger partial charge in [0.15, 0.2) is 0 Å². The molecule has 6 nitrogen and oxygen atoms in total. The van der Waals surface area contributed by atoms with Crippen molar-refractivity contribution in [1.82, 2.24) is 9.47 Å². The number of likely N-dealkylation sites (tertiary alicyclic amines) is 1. The van der Waals surface area contributed by atoms with Crippen molar-refractivity contribution in [3.63, 3.8) is 0 Å². The van der Waals surface area contributed by atoms with Crippen LogP contribution in [-0.4, -0.2) is 52.3 Å². The number of carboxylic acids is 1. The Morgan fingerprint density at radius 2 is 2.14 bits per heavy atom. The van der Waals surface area contributed by atoms with E-state index in [0.29, 0.717) is 24.7 Å². The van der Waals surface area contributed by atoms with Crippen LogP contribution in [0.1, 0.15) is 42.2 Å². The maximum Gasteiger partial charge on any atom is 0.326 e. The van der Waals surface area contributed by atoms with Crippen LogP contribution in [0.4, 0.5) is 0 Å². The van der Waals surface area contributed by atoms with Crippen molar-refractivity contribution in [3.05, 3.63) is 24.0 Å². The SMILES string of the molecule is COC1CC(C(=O)O)N(C(=O)c2cccn2C2CCC2)C1. The Bertz CT molecular complexity index is 550. The highest BCUT2D eigenvalue weighted by molar-refractivity contribution is 5.96. The fourth-order valence-corrected chi connectivity index (χ4v) is 3.13. The number of methoxy groups -OCH3 is 1. The van der Waals surface area contributed by atoms with Gasteiger partial charge in [0.25, 0.3) is 5.91 Å². The third kappa shape index (κ3) is 2.44. The van der Waals surface area contributed by atoms with Crippen molar-refractivity contribution >= 4 is 11.9 Å². The van der Waals surface area contributed by atoms with Gasteiger partial charge in [-0.15, -0.1) is 0 Å². The second-order valence-electron chi connectivity index (χ2n) is 5.79. The van der Waals surface area contributed by atoms with E-state index in [4.69, 9.17) is 4.74 Å². The monoisotopic (exact) mass is 292 g/mol. The van der Waals surface area contributed by atoms with E-state index in [2.05, 4.69) is 0 Å². The molecule has 2 unspecified atom stereocenters. The van der Waals surface area contributed by atoms with E-state index in [-0.39, 0.29) is 12.0 Å². The van der Waals surface area contributed by atoms with Gasteiger partial charge >= 0.3 is 5.97 Å². The summed E-state index contributed by atoms with van der Waals surface area (Å²) in [5.41, 5.74) is 0.586. The molecule has 2 atom stereocenters. The van der Waals surface area contributed by atoms with E-state index in [1.807, 2.05) is 16.8 Å². The van der Waals surface area contributed by atoms with Crippen molar-refractivity contribution in [2.45, 2.75) is 43.9 Å². The van der Waals surface area contributed by atoms with Crippen LogP contribution in [0.2, 0.25) is 0 Å². The molecule has 6 heteroatoms. The molecule has 0 radical (unpaired) electrons. The molecule has 0 aromatic carbocycles. The number of rotatable bonds is 4. The number of aliphatic carboxylic acids is 1. The van der Waals surface area contributed by atoms with Gasteiger partial charge in [0, 0.05) is 32.3 Å². The minimum Gasteiger partial charge on any atom is -0.480 e. The van der Waals surface area contributed by atoms with Gasteiger partial charge in [0.05, 0.1) is 6.10 Å². The van der Waals surface area contributed by atoms with Crippen LogP contribution in [0.5, 0.6) is 0 Å². The van der Waals surface area contributed by atoms with Crippen LogP contribution in [0.25, 0.3) is 0 Å². The lowest BCUT2D eigenvalue weighted by Gasteiger charge is -2.30. The lowest BCUT2D eigenvalue weighted by atomic mass is 9.93. The minimum atomic E-state index is -0.968. The summed E-state index contributed by atoms with van der Waals surface area (Å²) in [5.74, 6) is -1.18. The van der Waals surface area contributed by atoms with Crippen molar-refractivity contribution in [1.29, 1.82) is 0 Å². The van der Waals surface area contributed by atoms with Gasteiger partial charge in [-0.25, -0.2) is 4.79 Å². The molecule has 1 aromatic rings. The normalized spacial score (nSPS) is 25.9. The number of ether oxygens (including phenoxy) is 1. The molecule has 114 valence electrons. The van der Waals surface area contributed by atoms with Crippen LogP contribution in [-0.2, 0) is 9.53 Å². The largest absolute Gasteiger partial charge is 0.480 e. The quantitative estimate of drug-likeness (QED) is 0.913. The van der Waals surface area contributed by atoms with Crippen molar-refractivity contribution in [3.8, 4) is 0 Å². The Morgan fingerprint density at radius 3 is 2.71 bits per heavy atom. The van der Waals surface area contributed by atoms with E-state index in [1.165, 1.54) is 11.3 Å². The molecule has 1 aliphatic carbocycles. The molecule has 1 N–H and O–H groups in total. The van der Waals surface area contributed by atoms with E-state index in [0.717, 1.165) is 12.8 Å². The van der Waals surface area contributed by atoms with Crippen LogP contribution in [0, 0.1) is 0 Å². The Balaban J connectivity index is 1.83. The van der Waals surface area contributed by atoms with Crippen LogP contribution >= 0.6 is 0 Å². The lowest BCUT2D eigenvalue weighted by molar-refractivity contribution is -0.141. The number of carbonyl (C=O) groups excluding carboxylic acids is 1. The summed E-state index contributed by atoms with van der Waals surface area (Å²) in [4.78, 5) is 25.5. The lowest BCUT2D eigenvalue weighted by Crippen LogP contribution is -2.41. The molecular weight excluding hydrogens is 272 g/mol. The molecule has 1 aromatic heterocycles. The predicted molar refractivity (Wildman–Crippen MR) is 75.2 cm³/mol. The molecule has 1 saturated heterocycles. The number of amides is 1. The average Bonchev–Trinajstić information content (AvgIpc) is 3.02. The molecule has 1 amide bonds. The zero-order chi connectivity index (χ0) is 15.0. The molecule has 21 heavy (non-hydrogen) atoms. The second kappa shape index (κ2) is 5.52. The summed E-state index contributed by atoms with van der Waals surface area (Å²) < 4.78 is 7.23. The summed E-state index contributed by atoms with van der Waals surface area (Å²) in [6, 6.07) is 3.21. The van der Waals surface area contributed by atoms with Gasteiger partial charge < -0.3 is 19.3 Å². The standard InChI is InChI=1S/C15H20N2O4/c1-21-11-8-13(15(19)20)17(9-11)14(18)12-6-3-7-16(12)10-4-2-5-10/h3,6-7,10-11,13H,2,4-5,8-9H2,1H3,(H,19,20). The first kappa shape index (κ1) is 14.1. The van der Waals surface area contributed by atoms with Crippen molar-refractivity contribution in [2.24, 2.45) is 0 Å². The first-order valence-electron chi connectivity index (χ1n) is 7.35. The highest BCUT2D eigenvalue weighted by Crippen LogP contribution is 2.33. The fourth-order valence-electron chi connectivity index (χ4n) is 3.13. The zero-order valence-corrected chi connectivity index (χ0v) is 12.1. The maximum absolute atomic E-state index is 12.7. The molecule has 3 rings (SSSR count). The Morgan fingerprint density at radius 1 is 1.38 bits per heavy atom. The van der Waals surface area contributed by atoms with Crippen molar-refractivity contribution < 1.29 is 19.4 Å². The van der Waals surface area contributed by atoms with Gasteiger partial charge in [-0.1, -0.05) is 0 Å². The van der Waals surface area contributed by atoms with E-state index in [1.54, 1.807) is 13.2 Å². The Hall–Kier alpha value is -1.82. The van der Waals surface area contributed by atoms with Gasteiger partial charge in [-0.2, -0.15) is 0 Å². The fraction of sp³-hybridized carbons (Fsp3) is 0.600. The first-order valence-corrected chi connectivity index (χ1v) is 7.35. The van der Waals surface area contributed by atoms with Crippen molar-refractivity contribution in [2.75, 3.05) is 13.7 Å². The van der Waals surface area contributed by atoms with E-state index < -0.39 is 12.0 Å². The number of carbonyl (C=O) groups is 2. The molecule has 1 saturated carbocycles. The summed E-state index contributed by atoms with van der Waals surface area (Å²) in [6.45, 7) is 0.335. The minimum absolute atomic E-state index is 0.206. The van der Waals surface area contributed by atoms with Crippen LogP contribution in [0.15, 0.2) is 18.3 Å². The second-order valence-corrected chi connectivity index (χ2v) is 5.79. The van der Waals surface area contributed by atoms with Gasteiger partial charge in [0.1, 0.15) is 11.7 Å². The first-order chi connectivity index (χ1) is 10.1. The summed E-state index contributed by atoms with van der Waals surface area (Å²) >= 11 is 0. The highest BCUT2D eigenvalue weighted by Gasteiger charge is 2.41. The van der Waals surface area contributed by atoms with E-state index in [9.17, 15) is 14.7 Å². The topological polar surface area (TPSA) is 71.8 Å². The number of carboxylic acid groups (broad SMARTS) is 1. The summed E-state index contributed by atoms with van der Waals surface area (Å²) in [7, 11) is 1.55. The maximum atomic E-state index is 12.7. The molecule has 2 aliphatic rings. The Labute approximate surface area is 123 Å². The van der Waals surface area contributed by atoms with Gasteiger partial charge in [-0.05, 0) is 31.4 Å². The van der Waals surface area contributed by atoms with Crippen LogP contribution < -0.4 is 0 Å². The predicted octanol–water partition coefficient (Wildman–Crippen LogP) is 1.53. The van der Waals surface area contributed by atoms with Gasteiger partial charge in [0.2, 0.25) is 0 Å². The Kier molecular flexibility index (Phi) is 3.71. The molecule has 1 aliphatic heterocycles. The zero-order valence-electron chi connectivity index (χ0n) is 12.1. The average molecular weight is 292 g/mol. The third-order valence-electron chi connectivity index (χ3n) is 4.61. The van der Waals surface area contributed by atoms with Crippen LogP contribution in [0.3, 0.4) is 0 Å². The third-order valence-corrected chi connectivity index (χ3v) is 4.61. The highest BCUT2D eigenvalue weighted by atomic mass is 16.5. The summed E-state index contributed by atoms with van der Waals surface area (Å²) in [6.07, 6.45) is 5.40. The molecule has 2 heterocycles. The molecule has 0 bridgehead atoms. The molecular formula is C15H20N2O4. The van der Waals surface area contributed by atoms with Gasteiger partial charge in [-0.3, -0.25) is 4.79 Å². The number of hydrogen-bond donors (Lipinski definition) is 1. The van der Waals surface area contributed by atoms with E-state index >= 15 is 0 Å². The summed E-state index contributed by atoms with van der Waals surface area (Å²) in [5, 5.41) is 9.32. The number of aromatic nitrogens is 1. The smallest absolute Gasteiger partial charge is 0.326 e. The molecule has 2 fully saturated rings.